The number of carbonyl (C=O) groups excluding carboxylic acids is 2. The summed E-state index contributed by atoms with van der Waals surface area (Å²) in [6.07, 6.45) is 2.69. The van der Waals surface area contributed by atoms with E-state index in [2.05, 4.69) is 6.58 Å². The summed E-state index contributed by atoms with van der Waals surface area (Å²) in [4.78, 5) is 24.4. The molecule has 0 heterocycles. The van der Waals surface area contributed by atoms with Gasteiger partial charge in [-0.3, -0.25) is 9.59 Å². The Kier molecular flexibility index (Phi) is 7.32. The molecular weight excluding hydrogens is 232 g/mol. The zero-order valence-electron chi connectivity index (χ0n) is 11.8. The number of hydrogen-bond donors (Lipinski definition) is 0. The third-order valence-electron chi connectivity index (χ3n) is 3.05. The normalized spacial score (nSPS) is 12.7. The molecular formula is C14H24O4. The van der Waals surface area contributed by atoms with Crippen LogP contribution in [0.5, 0.6) is 0 Å². The summed E-state index contributed by atoms with van der Waals surface area (Å²) in [5.74, 6) is -1.36. The summed E-state index contributed by atoms with van der Waals surface area (Å²) in [5, 5.41) is 0. The molecule has 1 atom stereocenters. The van der Waals surface area contributed by atoms with Crippen molar-refractivity contribution in [3.05, 3.63) is 12.7 Å². The summed E-state index contributed by atoms with van der Waals surface area (Å²) in [5.41, 5.74) is -1.26. The largest absolute Gasteiger partial charge is 0.465 e. The maximum absolute atomic E-state index is 12.2. The van der Waals surface area contributed by atoms with Gasteiger partial charge in [0.15, 0.2) is 5.41 Å². The second kappa shape index (κ2) is 7.90. The highest BCUT2D eigenvalue weighted by Gasteiger charge is 2.51. The van der Waals surface area contributed by atoms with Crippen LogP contribution in [0.4, 0.5) is 0 Å². The molecule has 0 aromatic rings. The zero-order valence-corrected chi connectivity index (χ0v) is 11.8. The average molecular weight is 256 g/mol. The monoisotopic (exact) mass is 256 g/mol. The first-order valence-corrected chi connectivity index (χ1v) is 6.48. The lowest BCUT2D eigenvalue weighted by molar-refractivity contribution is -0.175. The molecule has 18 heavy (non-hydrogen) atoms. The van der Waals surface area contributed by atoms with Crippen LogP contribution in [-0.4, -0.2) is 25.2 Å². The smallest absolute Gasteiger partial charge is 0.324 e. The zero-order chi connectivity index (χ0) is 14.2. The molecule has 0 aromatic heterocycles. The Morgan fingerprint density at radius 3 is 1.89 bits per heavy atom. The van der Waals surface area contributed by atoms with Crippen LogP contribution in [-0.2, 0) is 19.1 Å². The van der Waals surface area contributed by atoms with Crippen molar-refractivity contribution in [2.24, 2.45) is 11.3 Å². The lowest BCUT2D eigenvalue weighted by atomic mass is 9.72. The molecule has 0 saturated carbocycles. The van der Waals surface area contributed by atoms with Crippen LogP contribution < -0.4 is 0 Å². The maximum atomic E-state index is 12.2. The topological polar surface area (TPSA) is 52.6 Å². The van der Waals surface area contributed by atoms with Gasteiger partial charge in [-0.2, -0.15) is 0 Å². The molecule has 0 aliphatic rings. The fourth-order valence-corrected chi connectivity index (χ4v) is 2.00. The van der Waals surface area contributed by atoms with Gasteiger partial charge in [-0.25, -0.2) is 0 Å². The average Bonchev–Trinajstić information content (AvgIpc) is 2.35. The minimum Gasteiger partial charge on any atom is -0.465 e. The highest BCUT2D eigenvalue weighted by Crippen LogP contribution is 2.37. The Balaban J connectivity index is 5.47. The van der Waals surface area contributed by atoms with Crippen molar-refractivity contribution in [2.75, 3.05) is 13.2 Å². The quantitative estimate of drug-likeness (QED) is 0.380. The van der Waals surface area contributed by atoms with Crippen LogP contribution in [0.25, 0.3) is 0 Å². The summed E-state index contributed by atoms with van der Waals surface area (Å²) in [7, 11) is 0. The van der Waals surface area contributed by atoms with Crippen LogP contribution >= 0.6 is 0 Å². The molecule has 0 aliphatic heterocycles. The Labute approximate surface area is 109 Å². The molecule has 0 rings (SSSR count). The molecule has 1 unspecified atom stereocenters. The van der Waals surface area contributed by atoms with Gasteiger partial charge in [0, 0.05) is 5.92 Å². The Hall–Kier alpha value is -1.32. The first-order valence-electron chi connectivity index (χ1n) is 6.48. The standard InChI is InChI=1S/C14H24O4/c1-6-10-14(11(5)7-2,12(15)17-8-3)13(16)18-9-4/h7,11H,2,6,8-10H2,1,3-5H3. The molecule has 104 valence electrons. The number of rotatable bonds is 8. The molecule has 0 radical (unpaired) electrons. The summed E-state index contributed by atoms with van der Waals surface area (Å²) >= 11 is 0. The van der Waals surface area contributed by atoms with Crippen molar-refractivity contribution >= 4 is 11.9 Å². The molecule has 0 fully saturated rings. The molecule has 4 nitrogen and oxygen atoms in total. The van der Waals surface area contributed by atoms with Crippen LogP contribution in [0, 0.1) is 11.3 Å². The minimum absolute atomic E-state index is 0.244. The molecule has 0 amide bonds. The highest BCUT2D eigenvalue weighted by atomic mass is 16.6. The molecule has 4 heteroatoms. The van der Waals surface area contributed by atoms with E-state index >= 15 is 0 Å². The van der Waals surface area contributed by atoms with E-state index in [-0.39, 0.29) is 19.1 Å². The first-order chi connectivity index (χ1) is 8.50. The van der Waals surface area contributed by atoms with Crippen molar-refractivity contribution in [3.8, 4) is 0 Å². The van der Waals surface area contributed by atoms with Crippen molar-refractivity contribution in [1.29, 1.82) is 0 Å². The van der Waals surface area contributed by atoms with E-state index in [0.29, 0.717) is 12.8 Å². The summed E-state index contributed by atoms with van der Waals surface area (Å²) in [6, 6.07) is 0. The maximum Gasteiger partial charge on any atom is 0.324 e. The number of carbonyl (C=O) groups is 2. The Morgan fingerprint density at radius 1 is 1.17 bits per heavy atom. The molecule has 0 saturated heterocycles. The molecule has 0 spiro atoms. The summed E-state index contributed by atoms with van der Waals surface area (Å²) < 4.78 is 10.1. The van der Waals surface area contributed by atoms with Gasteiger partial charge in [-0.1, -0.05) is 26.3 Å². The van der Waals surface area contributed by atoms with Crippen molar-refractivity contribution in [3.63, 3.8) is 0 Å². The van der Waals surface area contributed by atoms with Gasteiger partial charge in [-0.15, -0.1) is 6.58 Å². The third kappa shape index (κ3) is 3.34. The second-order valence-electron chi connectivity index (χ2n) is 4.19. The minimum atomic E-state index is -1.26. The van der Waals surface area contributed by atoms with Gasteiger partial charge >= 0.3 is 11.9 Å². The Morgan fingerprint density at radius 2 is 1.61 bits per heavy atom. The van der Waals surface area contributed by atoms with E-state index in [1.165, 1.54) is 0 Å². The van der Waals surface area contributed by atoms with Gasteiger partial charge in [0.05, 0.1) is 13.2 Å². The van der Waals surface area contributed by atoms with E-state index in [9.17, 15) is 9.59 Å². The number of hydrogen-bond acceptors (Lipinski definition) is 4. The van der Waals surface area contributed by atoms with Gasteiger partial charge in [0.2, 0.25) is 0 Å². The SMILES string of the molecule is C=CC(C)C(CCC)(C(=O)OCC)C(=O)OCC. The predicted octanol–water partition coefficient (Wildman–Crippen LogP) is 2.72. The van der Waals surface area contributed by atoms with E-state index in [4.69, 9.17) is 9.47 Å². The molecule has 0 bridgehead atoms. The van der Waals surface area contributed by atoms with E-state index < -0.39 is 17.4 Å². The first kappa shape index (κ1) is 16.7. The van der Waals surface area contributed by atoms with Gasteiger partial charge in [0.1, 0.15) is 0 Å². The predicted molar refractivity (Wildman–Crippen MR) is 70.0 cm³/mol. The third-order valence-corrected chi connectivity index (χ3v) is 3.05. The molecule has 0 N–H and O–H groups in total. The molecule has 0 aliphatic carbocycles. The van der Waals surface area contributed by atoms with Crippen molar-refractivity contribution < 1.29 is 19.1 Å². The molecule has 0 aromatic carbocycles. The van der Waals surface area contributed by atoms with Crippen molar-refractivity contribution in [2.45, 2.75) is 40.5 Å². The van der Waals surface area contributed by atoms with Gasteiger partial charge in [0.25, 0.3) is 0 Å². The van der Waals surface area contributed by atoms with Gasteiger partial charge in [-0.05, 0) is 20.3 Å². The highest BCUT2D eigenvalue weighted by molar-refractivity contribution is 6.00. The van der Waals surface area contributed by atoms with Gasteiger partial charge < -0.3 is 9.47 Å². The number of esters is 2. The fourth-order valence-electron chi connectivity index (χ4n) is 2.00. The lowest BCUT2D eigenvalue weighted by Crippen LogP contribution is -2.46. The van der Waals surface area contributed by atoms with E-state index in [0.717, 1.165) is 0 Å². The Bertz CT molecular complexity index is 278. The van der Waals surface area contributed by atoms with E-state index in [1.807, 2.05) is 6.92 Å². The lowest BCUT2D eigenvalue weighted by Gasteiger charge is -2.32. The number of ether oxygens (including phenoxy) is 2. The van der Waals surface area contributed by atoms with E-state index in [1.54, 1.807) is 26.8 Å². The van der Waals surface area contributed by atoms with Crippen LogP contribution in [0.2, 0.25) is 0 Å². The van der Waals surface area contributed by atoms with Crippen LogP contribution in [0.1, 0.15) is 40.5 Å². The van der Waals surface area contributed by atoms with Crippen LogP contribution in [0.15, 0.2) is 12.7 Å². The summed E-state index contributed by atoms with van der Waals surface area (Å²) in [6.45, 7) is 11.3. The van der Waals surface area contributed by atoms with Crippen LogP contribution in [0.3, 0.4) is 0 Å². The second-order valence-corrected chi connectivity index (χ2v) is 4.19. The number of allylic oxidation sites excluding steroid dienone is 1. The fraction of sp³-hybridized carbons (Fsp3) is 0.714. The van der Waals surface area contributed by atoms with Crippen molar-refractivity contribution in [1.82, 2.24) is 0 Å².